The van der Waals surface area contributed by atoms with Crippen LogP contribution in [0.5, 0.6) is 11.5 Å². The average Bonchev–Trinajstić information content (AvgIpc) is 2.79. The number of pyridine rings is 1. The molecule has 162 valence electrons. The SMILES string of the molecule is COc1cc(OC)cc(-c2c(-c3ccccc3F)nnc(Cl)c2-c2ncc(F)cc2F)c1. The highest BCUT2D eigenvalue weighted by atomic mass is 35.5. The van der Waals surface area contributed by atoms with Gasteiger partial charge in [0.25, 0.3) is 0 Å². The van der Waals surface area contributed by atoms with Gasteiger partial charge in [0, 0.05) is 23.3 Å². The minimum Gasteiger partial charge on any atom is -0.497 e. The first kappa shape index (κ1) is 21.6. The van der Waals surface area contributed by atoms with Crippen LogP contribution in [0.15, 0.2) is 54.7 Å². The highest BCUT2D eigenvalue weighted by molar-refractivity contribution is 6.33. The Morgan fingerprint density at radius 1 is 0.781 bits per heavy atom. The number of hydrogen-bond acceptors (Lipinski definition) is 5. The van der Waals surface area contributed by atoms with E-state index < -0.39 is 17.5 Å². The molecule has 4 aromatic rings. The number of benzene rings is 2. The van der Waals surface area contributed by atoms with Gasteiger partial charge in [-0.2, -0.15) is 0 Å². The molecule has 0 aliphatic rings. The maximum absolute atomic E-state index is 14.8. The lowest BCUT2D eigenvalue weighted by molar-refractivity contribution is 0.394. The second-order valence-corrected chi connectivity index (χ2v) is 7.01. The summed E-state index contributed by atoms with van der Waals surface area (Å²) in [7, 11) is 2.94. The molecule has 32 heavy (non-hydrogen) atoms. The summed E-state index contributed by atoms with van der Waals surface area (Å²) < 4.78 is 53.7. The Kier molecular flexibility index (Phi) is 5.96. The van der Waals surface area contributed by atoms with E-state index in [9.17, 15) is 13.2 Å². The third-order valence-electron chi connectivity index (χ3n) is 4.74. The van der Waals surface area contributed by atoms with Gasteiger partial charge < -0.3 is 9.47 Å². The monoisotopic (exact) mass is 457 g/mol. The van der Waals surface area contributed by atoms with Crippen LogP contribution < -0.4 is 9.47 Å². The molecule has 0 N–H and O–H groups in total. The molecular weight excluding hydrogens is 443 g/mol. The Labute approximate surface area is 186 Å². The molecule has 2 aromatic heterocycles. The lowest BCUT2D eigenvalue weighted by Crippen LogP contribution is -2.02. The topological polar surface area (TPSA) is 57.1 Å². The molecule has 0 spiro atoms. The zero-order valence-electron chi connectivity index (χ0n) is 16.9. The lowest BCUT2D eigenvalue weighted by Gasteiger charge is -2.17. The third kappa shape index (κ3) is 3.97. The second kappa shape index (κ2) is 8.84. The first-order chi connectivity index (χ1) is 15.4. The standard InChI is InChI=1S/C23H15ClF3N3O2/c1-31-14-7-12(8-15(10-14)32-2)19-20(22-18(27)9-13(25)11-28-22)23(24)30-29-21(19)16-5-3-4-6-17(16)26/h3-11H,1-2H3. The van der Waals surface area contributed by atoms with E-state index in [0.29, 0.717) is 23.1 Å². The van der Waals surface area contributed by atoms with Gasteiger partial charge >= 0.3 is 0 Å². The van der Waals surface area contributed by atoms with Crippen molar-refractivity contribution < 1.29 is 22.6 Å². The minimum atomic E-state index is -0.963. The summed E-state index contributed by atoms with van der Waals surface area (Å²) in [5, 5.41) is 7.80. The predicted molar refractivity (Wildman–Crippen MR) is 114 cm³/mol. The Bertz CT molecular complexity index is 1300. The summed E-state index contributed by atoms with van der Waals surface area (Å²) in [5.74, 6) is -1.55. The highest BCUT2D eigenvalue weighted by Crippen LogP contribution is 2.44. The van der Waals surface area contributed by atoms with Gasteiger partial charge in [-0.05, 0) is 29.8 Å². The van der Waals surface area contributed by atoms with E-state index in [2.05, 4.69) is 15.2 Å². The van der Waals surface area contributed by atoms with Crippen LogP contribution in [0.25, 0.3) is 33.6 Å². The van der Waals surface area contributed by atoms with Gasteiger partial charge in [-0.1, -0.05) is 23.7 Å². The number of hydrogen-bond donors (Lipinski definition) is 0. The second-order valence-electron chi connectivity index (χ2n) is 6.65. The van der Waals surface area contributed by atoms with Crippen LogP contribution in [0.2, 0.25) is 5.15 Å². The van der Waals surface area contributed by atoms with Gasteiger partial charge in [0.15, 0.2) is 11.0 Å². The summed E-state index contributed by atoms with van der Waals surface area (Å²) in [4.78, 5) is 3.88. The summed E-state index contributed by atoms with van der Waals surface area (Å²) >= 11 is 6.34. The van der Waals surface area contributed by atoms with E-state index >= 15 is 0 Å². The first-order valence-corrected chi connectivity index (χ1v) is 9.66. The van der Waals surface area contributed by atoms with E-state index in [1.165, 1.54) is 32.4 Å². The van der Waals surface area contributed by atoms with Crippen LogP contribution in [0.1, 0.15) is 0 Å². The van der Waals surface area contributed by atoms with Crippen LogP contribution in [0, 0.1) is 17.5 Å². The third-order valence-corrected chi connectivity index (χ3v) is 5.01. The fourth-order valence-electron chi connectivity index (χ4n) is 3.30. The summed E-state index contributed by atoms with van der Waals surface area (Å²) in [5.41, 5.74) is 0.607. The van der Waals surface area contributed by atoms with Crippen molar-refractivity contribution in [1.29, 1.82) is 0 Å². The molecule has 0 radical (unpaired) electrons. The van der Waals surface area contributed by atoms with Crippen molar-refractivity contribution in [3.05, 3.63) is 77.3 Å². The number of rotatable bonds is 5. The van der Waals surface area contributed by atoms with Crippen LogP contribution in [0.3, 0.4) is 0 Å². The molecule has 0 bridgehead atoms. The smallest absolute Gasteiger partial charge is 0.161 e. The number of methoxy groups -OCH3 is 2. The van der Waals surface area contributed by atoms with E-state index in [0.717, 1.165) is 6.20 Å². The molecule has 0 amide bonds. The lowest BCUT2D eigenvalue weighted by atomic mass is 9.93. The van der Waals surface area contributed by atoms with E-state index in [-0.39, 0.29) is 33.2 Å². The van der Waals surface area contributed by atoms with Crippen molar-refractivity contribution in [1.82, 2.24) is 15.2 Å². The molecule has 9 heteroatoms. The van der Waals surface area contributed by atoms with Crippen molar-refractivity contribution in [3.63, 3.8) is 0 Å². The highest BCUT2D eigenvalue weighted by Gasteiger charge is 2.25. The van der Waals surface area contributed by atoms with Crippen LogP contribution >= 0.6 is 11.6 Å². The van der Waals surface area contributed by atoms with Gasteiger partial charge in [-0.3, -0.25) is 0 Å². The van der Waals surface area contributed by atoms with E-state index in [4.69, 9.17) is 21.1 Å². The van der Waals surface area contributed by atoms with Crippen molar-refractivity contribution in [2.24, 2.45) is 0 Å². The number of halogens is 4. The Morgan fingerprint density at radius 2 is 1.47 bits per heavy atom. The zero-order chi connectivity index (χ0) is 22.8. The van der Waals surface area contributed by atoms with Crippen molar-refractivity contribution >= 4 is 11.6 Å². The fourth-order valence-corrected chi connectivity index (χ4v) is 3.53. The van der Waals surface area contributed by atoms with Crippen LogP contribution in [0.4, 0.5) is 13.2 Å². The van der Waals surface area contributed by atoms with Gasteiger partial charge in [-0.25, -0.2) is 18.2 Å². The van der Waals surface area contributed by atoms with Gasteiger partial charge in [0.05, 0.1) is 26.0 Å². The Balaban J connectivity index is 2.14. The van der Waals surface area contributed by atoms with Crippen molar-refractivity contribution in [2.75, 3.05) is 14.2 Å². The molecule has 0 atom stereocenters. The fraction of sp³-hybridized carbons (Fsp3) is 0.0870. The van der Waals surface area contributed by atoms with E-state index in [1.807, 2.05) is 0 Å². The van der Waals surface area contributed by atoms with E-state index in [1.54, 1.807) is 24.3 Å². The maximum atomic E-state index is 14.8. The minimum absolute atomic E-state index is 0.0210. The zero-order valence-corrected chi connectivity index (χ0v) is 17.6. The summed E-state index contributed by atoms with van der Waals surface area (Å²) in [6.45, 7) is 0. The largest absolute Gasteiger partial charge is 0.497 e. The van der Waals surface area contributed by atoms with Gasteiger partial charge in [0.2, 0.25) is 0 Å². The molecule has 5 nitrogen and oxygen atoms in total. The van der Waals surface area contributed by atoms with Crippen LogP contribution in [-0.4, -0.2) is 29.4 Å². The molecule has 0 saturated heterocycles. The van der Waals surface area contributed by atoms with Gasteiger partial charge in [-0.15, -0.1) is 10.2 Å². The normalized spacial score (nSPS) is 10.8. The summed E-state index contributed by atoms with van der Waals surface area (Å²) in [6.07, 6.45) is 0.855. The predicted octanol–water partition coefficient (Wildman–Crippen LogP) is 5.96. The number of nitrogens with zero attached hydrogens (tertiary/aromatic N) is 3. The molecule has 0 aliphatic carbocycles. The molecule has 0 fully saturated rings. The summed E-state index contributed by atoms with van der Waals surface area (Å²) in [6, 6.07) is 11.5. The molecule has 0 saturated carbocycles. The average molecular weight is 458 g/mol. The maximum Gasteiger partial charge on any atom is 0.161 e. The Morgan fingerprint density at radius 3 is 2.09 bits per heavy atom. The molecular formula is C23H15ClF3N3O2. The van der Waals surface area contributed by atoms with Crippen molar-refractivity contribution in [3.8, 4) is 45.1 Å². The molecule has 0 unspecified atom stereocenters. The number of ether oxygens (including phenoxy) is 2. The quantitative estimate of drug-likeness (QED) is 0.370. The Hall–Kier alpha value is -3.65. The molecule has 2 aromatic carbocycles. The van der Waals surface area contributed by atoms with Crippen LogP contribution in [-0.2, 0) is 0 Å². The van der Waals surface area contributed by atoms with Gasteiger partial charge in [0.1, 0.15) is 34.5 Å². The molecule has 4 rings (SSSR count). The molecule has 0 aliphatic heterocycles. The first-order valence-electron chi connectivity index (χ1n) is 9.29. The molecule has 2 heterocycles. The van der Waals surface area contributed by atoms with Crippen molar-refractivity contribution in [2.45, 2.75) is 0 Å². The number of aromatic nitrogens is 3.